The summed E-state index contributed by atoms with van der Waals surface area (Å²) in [6.45, 7) is 2.04. The second-order valence-corrected chi connectivity index (χ2v) is 3.36. The van der Waals surface area contributed by atoms with Gasteiger partial charge in [0, 0.05) is 12.0 Å². The molecule has 1 rings (SSSR count). The minimum absolute atomic E-state index is 0.0341. The molecule has 0 atom stereocenters. The first-order chi connectivity index (χ1) is 7.65. The number of rotatable bonds is 5. The summed E-state index contributed by atoms with van der Waals surface area (Å²) in [5, 5.41) is 0. The van der Waals surface area contributed by atoms with Crippen molar-refractivity contribution in [1.82, 2.24) is 0 Å². The van der Waals surface area contributed by atoms with E-state index >= 15 is 0 Å². The van der Waals surface area contributed by atoms with Gasteiger partial charge in [-0.15, -0.1) is 0 Å². The number of carbonyl (C=O) groups excluding carboxylic acids is 1. The number of halogens is 2. The van der Waals surface area contributed by atoms with Crippen LogP contribution in [-0.4, -0.2) is 12.6 Å². The molecule has 0 spiro atoms. The molecule has 1 aromatic carbocycles. The highest BCUT2D eigenvalue weighted by Crippen LogP contribution is 2.14. The van der Waals surface area contributed by atoms with Crippen LogP contribution >= 0.6 is 0 Å². The molecule has 0 bridgehead atoms. The molecule has 4 heteroatoms. The maximum atomic E-state index is 13.2. The van der Waals surface area contributed by atoms with Crippen LogP contribution in [0.5, 0.6) is 0 Å². The van der Waals surface area contributed by atoms with Crippen molar-refractivity contribution >= 4 is 5.97 Å². The van der Waals surface area contributed by atoms with E-state index in [0.717, 1.165) is 0 Å². The highest BCUT2D eigenvalue weighted by Gasteiger charge is 2.09. The molecule has 0 fully saturated rings. The summed E-state index contributed by atoms with van der Waals surface area (Å²) >= 11 is 0. The molecule has 0 aromatic heterocycles. The van der Waals surface area contributed by atoms with E-state index in [2.05, 4.69) is 0 Å². The van der Waals surface area contributed by atoms with Crippen LogP contribution in [0, 0.1) is 11.6 Å². The predicted octanol–water partition coefficient (Wildman–Crippen LogP) is 2.85. The summed E-state index contributed by atoms with van der Waals surface area (Å²) in [6.07, 6.45) is 0.773. The Kier molecular flexibility index (Phi) is 4.89. The number of hydrogen-bond acceptors (Lipinski definition) is 2. The average molecular weight is 228 g/mol. The van der Waals surface area contributed by atoms with Gasteiger partial charge < -0.3 is 4.74 Å². The van der Waals surface area contributed by atoms with Gasteiger partial charge in [-0.3, -0.25) is 4.79 Å². The second kappa shape index (κ2) is 6.20. The van der Waals surface area contributed by atoms with Gasteiger partial charge in [0.1, 0.15) is 11.6 Å². The summed E-state index contributed by atoms with van der Waals surface area (Å²) in [4.78, 5) is 11.0. The fourth-order valence-corrected chi connectivity index (χ4v) is 1.41. The Morgan fingerprint density at radius 3 is 2.50 bits per heavy atom. The molecule has 88 valence electrons. The fraction of sp³-hybridized carbons (Fsp3) is 0.417. The van der Waals surface area contributed by atoms with Gasteiger partial charge in [-0.1, -0.05) is 6.07 Å². The van der Waals surface area contributed by atoms with Gasteiger partial charge in [-0.05, 0) is 31.9 Å². The van der Waals surface area contributed by atoms with E-state index in [4.69, 9.17) is 4.74 Å². The van der Waals surface area contributed by atoms with Crippen molar-refractivity contribution in [1.29, 1.82) is 0 Å². The van der Waals surface area contributed by atoms with E-state index in [1.165, 1.54) is 18.2 Å². The lowest BCUT2D eigenvalue weighted by Crippen LogP contribution is -2.05. The summed E-state index contributed by atoms with van der Waals surface area (Å²) in [7, 11) is 0. The lowest BCUT2D eigenvalue weighted by Gasteiger charge is -2.04. The number of hydrogen-bond donors (Lipinski definition) is 0. The third kappa shape index (κ3) is 3.61. The average Bonchev–Trinajstić information content (AvgIpc) is 2.23. The molecule has 1 aromatic rings. The van der Waals surface area contributed by atoms with Crippen molar-refractivity contribution < 1.29 is 18.3 Å². The number of benzene rings is 1. The standard InChI is InChI=1S/C12H14F2O2/c1-2-16-12(15)8-3-5-9-10(13)6-4-7-11(9)14/h4,6-7H,2-3,5,8H2,1H3. The van der Waals surface area contributed by atoms with Crippen LogP contribution in [0.3, 0.4) is 0 Å². The highest BCUT2D eigenvalue weighted by molar-refractivity contribution is 5.69. The van der Waals surface area contributed by atoms with Crippen molar-refractivity contribution in [2.45, 2.75) is 26.2 Å². The molecule has 0 unspecified atom stereocenters. The smallest absolute Gasteiger partial charge is 0.305 e. The molecule has 0 amide bonds. The van der Waals surface area contributed by atoms with E-state index in [1.54, 1.807) is 6.92 Å². The first-order valence-electron chi connectivity index (χ1n) is 5.23. The summed E-state index contributed by atoms with van der Waals surface area (Å²) in [6, 6.07) is 3.74. The van der Waals surface area contributed by atoms with Gasteiger partial charge in [0.25, 0.3) is 0 Å². The number of esters is 1. The van der Waals surface area contributed by atoms with Crippen LogP contribution in [0.1, 0.15) is 25.3 Å². The monoisotopic (exact) mass is 228 g/mol. The predicted molar refractivity (Wildman–Crippen MR) is 55.9 cm³/mol. The Morgan fingerprint density at radius 2 is 1.94 bits per heavy atom. The van der Waals surface area contributed by atoms with Crippen molar-refractivity contribution in [3.05, 3.63) is 35.4 Å². The Labute approximate surface area is 93.2 Å². The van der Waals surface area contributed by atoms with Gasteiger partial charge in [0.2, 0.25) is 0 Å². The molecule has 0 saturated carbocycles. The van der Waals surface area contributed by atoms with E-state index in [-0.39, 0.29) is 24.4 Å². The van der Waals surface area contributed by atoms with Gasteiger partial charge >= 0.3 is 5.97 Å². The molecule has 0 radical (unpaired) electrons. The van der Waals surface area contributed by atoms with E-state index < -0.39 is 11.6 Å². The molecule has 0 saturated heterocycles. The van der Waals surface area contributed by atoms with Gasteiger partial charge in [0.05, 0.1) is 6.61 Å². The largest absolute Gasteiger partial charge is 0.466 e. The Balaban J connectivity index is 2.46. The van der Waals surface area contributed by atoms with Crippen molar-refractivity contribution in [2.24, 2.45) is 0 Å². The van der Waals surface area contributed by atoms with Crippen LogP contribution in [0.25, 0.3) is 0 Å². The maximum Gasteiger partial charge on any atom is 0.305 e. The van der Waals surface area contributed by atoms with Crippen LogP contribution in [0.15, 0.2) is 18.2 Å². The molecule has 0 N–H and O–H groups in total. The van der Waals surface area contributed by atoms with Gasteiger partial charge in [0.15, 0.2) is 0 Å². The molecule has 0 aliphatic heterocycles. The molecule has 0 aliphatic rings. The first-order valence-corrected chi connectivity index (χ1v) is 5.23. The minimum Gasteiger partial charge on any atom is -0.466 e. The third-order valence-electron chi connectivity index (χ3n) is 2.17. The molecule has 16 heavy (non-hydrogen) atoms. The highest BCUT2D eigenvalue weighted by atomic mass is 19.1. The maximum absolute atomic E-state index is 13.2. The number of carbonyl (C=O) groups is 1. The molecule has 0 heterocycles. The third-order valence-corrected chi connectivity index (χ3v) is 2.17. The second-order valence-electron chi connectivity index (χ2n) is 3.36. The molecule has 2 nitrogen and oxygen atoms in total. The summed E-state index contributed by atoms with van der Waals surface area (Å²) in [5.41, 5.74) is 0.0341. The quantitative estimate of drug-likeness (QED) is 0.724. The lowest BCUT2D eigenvalue weighted by atomic mass is 10.1. The van der Waals surface area contributed by atoms with Crippen molar-refractivity contribution in [3.8, 4) is 0 Å². The summed E-state index contributed by atoms with van der Waals surface area (Å²) in [5.74, 6) is -1.47. The Bertz CT molecular complexity index is 344. The van der Waals surface area contributed by atoms with Crippen LogP contribution in [-0.2, 0) is 16.0 Å². The van der Waals surface area contributed by atoms with Crippen LogP contribution in [0.2, 0.25) is 0 Å². The van der Waals surface area contributed by atoms with Gasteiger partial charge in [-0.2, -0.15) is 0 Å². The van der Waals surface area contributed by atoms with Crippen molar-refractivity contribution in [3.63, 3.8) is 0 Å². The van der Waals surface area contributed by atoms with Crippen molar-refractivity contribution in [2.75, 3.05) is 6.61 Å². The normalized spacial score (nSPS) is 10.2. The van der Waals surface area contributed by atoms with Crippen LogP contribution in [0.4, 0.5) is 8.78 Å². The molecular weight excluding hydrogens is 214 g/mol. The zero-order chi connectivity index (χ0) is 12.0. The topological polar surface area (TPSA) is 26.3 Å². The minimum atomic E-state index is -0.566. The fourth-order valence-electron chi connectivity index (χ4n) is 1.41. The van der Waals surface area contributed by atoms with E-state index in [1.807, 2.05) is 0 Å². The first kappa shape index (κ1) is 12.6. The Hall–Kier alpha value is -1.45. The van der Waals surface area contributed by atoms with E-state index in [0.29, 0.717) is 13.0 Å². The SMILES string of the molecule is CCOC(=O)CCCc1c(F)cccc1F. The lowest BCUT2D eigenvalue weighted by molar-refractivity contribution is -0.143. The van der Waals surface area contributed by atoms with Crippen LogP contribution < -0.4 is 0 Å². The molecule has 0 aliphatic carbocycles. The number of ether oxygens (including phenoxy) is 1. The molecular formula is C12H14F2O2. The van der Waals surface area contributed by atoms with Gasteiger partial charge in [-0.25, -0.2) is 8.78 Å². The zero-order valence-electron chi connectivity index (χ0n) is 9.13. The summed E-state index contributed by atoms with van der Waals surface area (Å²) < 4.78 is 31.0. The van der Waals surface area contributed by atoms with E-state index in [9.17, 15) is 13.6 Å². The Morgan fingerprint density at radius 1 is 1.31 bits per heavy atom. The zero-order valence-corrected chi connectivity index (χ0v) is 9.13.